The number of anilines is 2. The minimum Gasteiger partial charge on any atom is -0.327 e. The van der Waals surface area contributed by atoms with E-state index < -0.39 is 0 Å². The molecule has 118 valence electrons. The maximum atomic E-state index is 5.96. The van der Waals surface area contributed by atoms with Gasteiger partial charge in [-0.15, -0.1) is 11.6 Å². The number of hydrogen-bond acceptors (Lipinski definition) is 1. The molecule has 3 aromatic carbocycles. The van der Waals surface area contributed by atoms with Crippen molar-refractivity contribution in [1.29, 1.82) is 0 Å². The fourth-order valence-electron chi connectivity index (χ4n) is 2.17. The molecule has 0 aromatic heterocycles. The molecule has 0 unspecified atom stereocenters. The molecule has 0 bridgehead atoms. The number of nitrogens with zero attached hydrogens (tertiary/aromatic N) is 1. The van der Waals surface area contributed by atoms with Crippen molar-refractivity contribution in [3.63, 3.8) is 0 Å². The third-order valence-corrected chi connectivity index (χ3v) is 3.92. The van der Waals surface area contributed by atoms with E-state index in [2.05, 4.69) is 67.3 Å². The Morgan fingerprint density at radius 2 is 0.957 bits per heavy atom. The van der Waals surface area contributed by atoms with Crippen LogP contribution in [0.15, 0.2) is 84.9 Å². The molecule has 0 aliphatic carbocycles. The van der Waals surface area contributed by atoms with Crippen LogP contribution in [0.4, 0.5) is 11.4 Å². The van der Waals surface area contributed by atoms with Crippen LogP contribution in [0.5, 0.6) is 0 Å². The summed E-state index contributed by atoms with van der Waals surface area (Å²) in [4.78, 5) is 2.06. The van der Waals surface area contributed by atoms with Crippen LogP contribution in [0.25, 0.3) is 0 Å². The lowest BCUT2D eigenvalue weighted by Gasteiger charge is -2.21. The van der Waals surface area contributed by atoms with Gasteiger partial charge in [-0.25, -0.2) is 0 Å². The summed E-state index contributed by atoms with van der Waals surface area (Å²) in [5.74, 6) is 0. The van der Waals surface area contributed by atoms with Crippen molar-refractivity contribution >= 4 is 23.0 Å². The van der Waals surface area contributed by atoms with Crippen LogP contribution in [0.2, 0.25) is 0 Å². The largest absolute Gasteiger partial charge is 0.327 e. The number of benzene rings is 3. The number of halogens is 1. The average Bonchev–Trinajstić information content (AvgIpc) is 2.61. The molecule has 0 fully saturated rings. The fourth-order valence-corrected chi connectivity index (χ4v) is 2.44. The molecule has 1 nitrogen and oxygen atoms in total. The highest BCUT2D eigenvalue weighted by Crippen LogP contribution is 2.24. The Morgan fingerprint density at radius 1 is 0.609 bits per heavy atom. The summed E-state index contributed by atoms with van der Waals surface area (Å²) in [6, 6.07) is 29.1. The van der Waals surface area contributed by atoms with Crippen molar-refractivity contribution in [3.8, 4) is 0 Å². The minimum absolute atomic E-state index is 0.452. The lowest BCUT2D eigenvalue weighted by molar-refractivity contribution is 1.16. The smallest absolute Gasteiger partial charge is 0.0977 e. The van der Waals surface area contributed by atoms with E-state index >= 15 is 0 Å². The molecule has 0 heterocycles. The van der Waals surface area contributed by atoms with Crippen molar-refractivity contribution in [2.45, 2.75) is 13.8 Å². The fraction of sp³-hybridized carbons (Fsp3) is 0.143. The van der Waals surface area contributed by atoms with Gasteiger partial charge in [0.25, 0.3) is 0 Å². The van der Waals surface area contributed by atoms with Crippen LogP contribution in [0, 0.1) is 13.8 Å². The van der Waals surface area contributed by atoms with Gasteiger partial charge in [0.2, 0.25) is 0 Å². The molecule has 0 radical (unpaired) electrons. The van der Waals surface area contributed by atoms with Crippen molar-refractivity contribution in [2.75, 3.05) is 10.9 Å². The topological polar surface area (TPSA) is 3.24 Å². The molecule has 0 N–H and O–H groups in total. The first kappa shape index (κ1) is 17.1. The van der Waals surface area contributed by atoms with E-state index in [1.165, 1.54) is 11.1 Å². The Morgan fingerprint density at radius 3 is 1.26 bits per heavy atom. The summed E-state index contributed by atoms with van der Waals surface area (Å²) < 4.78 is 0. The Bertz CT molecular complexity index is 635. The first-order chi connectivity index (χ1) is 11.2. The summed E-state index contributed by atoms with van der Waals surface area (Å²) in [6.07, 6.45) is 0. The van der Waals surface area contributed by atoms with Crippen LogP contribution < -0.4 is 4.90 Å². The molecule has 0 amide bonds. The van der Waals surface area contributed by atoms with E-state index in [1.807, 2.05) is 36.4 Å². The summed E-state index contributed by atoms with van der Waals surface area (Å²) >= 11 is 5.96. The minimum atomic E-state index is 0.452. The van der Waals surface area contributed by atoms with Crippen LogP contribution in [-0.2, 0) is 0 Å². The second kappa shape index (κ2) is 9.02. The highest BCUT2D eigenvalue weighted by Gasteiger charge is 2.05. The monoisotopic (exact) mass is 323 g/mol. The lowest BCUT2D eigenvalue weighted by Crippen LogP contribution is -2.13. The van der Waals surface area contributed by atoms with Crippen molar-refractivity contribution < 1.29 is 0 Å². The Kier molecular flexibility index (Phi) is 6.71. The van der Waals surface area contributed by atoms with E-state index in [0.717, 1.165) is 11.4 Å². The SMILES string of the molecule is Cc1ccccc1C.ClCN(c1ccccc1)c1ccccc1. The lowest BCUT2D eigenvalue weighted by atomic mass is 10.1. The average molecular weight is 324 g/mol. The molecular formula is C21H22ClN. The van der Waals surface area contributed by atoms with E-state index in [1.54, 1.807) is 0 Å². The van der Waals surface area contributed by atoms with Gasteiger partial charge >= 0.3 is 0 Å². The van der Waals surface area contributed by atoms with Gasteiger partial charge in [-0.3, -0.25) is 0 Å². The van der Waals surface area contributed by atoms with Gasteiger partial charge in [0.1, 0.15) is 0 Å². The third kappa shape index (κ3) is 5.15. The number of hydrogen-bond donors (Lipinski definition) is 0. The number of alkyl halides is 1. The zero-order chi connectivity index (χ0) is 16.5. The highest BCUT2D eigenvalue weighted by atomic mass is 35.5. The highest BCUT2D eigenvalue weighted by molar-refractivity contribution is 6.19. The predicted molar refractivity (Wildman–Crippen MR) is 102 cm³/mol. The van der Waals surface area contributed by atoms with Crippen molar-refractivity contribution in [1.82, 2.24) is 0 Å². The normalized spacial score (nSPS) is 9.70. The first-order valence-electron chi connectivity index (χ1n) is 7.68. The van der Waals surface area contributed by atoms with E-state index in [4.69, 9.17) is 11.6 Å². The van der Waals surface area contributed by atoms with E-state index in [9.17, 15) is 0 Å². The predicted octanol–water partition coefficient (Wildman–Crippen LogP) is 6.32. The molecule has 0 aliphatic rings. The molecule has 3 rings (SSSR count). The Labute approximate surface area is 144 Å². The summed E-state index contributed by atoms with van der Waals surface area (Å²) in [6.45, 7) is 4.24. The summed E-state index contributed by atoms with van der Waals surface area (Å²) in [5, 5.41) is 0. The summed E-state index contributed by atoms with van der Waals surface area (Å²) in [7, 11) is 0. The molecule has 0 spiro atoms. The Balaban J connectivity index is 0.000000203. The molecule has 3 aromatic rings. The molecule has 0 saturated carbocycles. The van der Waals surface area contributed by atoms with Gasteiger partial charge in [-0.2, -0.15) is 0 Å². The van der Waals surface area contributed by atoms with Crippen LogP contribution in [0.3, 0.4) is 0 Å². The maximum Gasteiger partial charge on any atom is 0.0977 e. The van der Waals surface area contributed by atoms with Crippen LogP contribution >= 0.6 is 11.6 Å². The van der Waals surface area contributed by atoms with Gasteiger partial charge in [-0.1, -0.05) is 60.7 Å². The summed E-state index contributed by atoms with van der Waals surface area (Å²) in [5.41, 5.74) is 4.96. The quantitative estimate of drug-likeness (QED) is 0.402. The second-order valence-corrected chi connectivity index (χ2v) is 5.54. The van der Waals surface area contributed by atoms with Crippen molar-refractivity contribution in [2.24, 2.45) is 0 Å². The van der Waals surface area contributed by atoms with Crippen LogP contribution in [0.1, 0.15) is 11.1 Å². The van der Waals surface area contributed by atoms with Gasteiger partial charge in [-0.05, 0) is 49.2 Å². The van der Waals surface area contributed by atoms with Gasteiger partial charge in [0.15, 0.2) is 0 Å². The molecule has 2 heteroatoms. The third-order valence-electron chi connectivity index (χ3n) is 3.68. The van der Waals surface area contributed by atoms with Gasteiger partial charge in [0.05, 0.1) is 6.00 Å². The molecule has 0 saturated heterocycles. The van der Waals surface area contributed by atoms with Crippen molar-refractivity contribution in [3.05, 3.63) is 96.1 Å². The number of para-hydroxylation sites is 2. The van der Waals surface area contributed by atoms with Crippen LogP contribution in [-0.4, -0.2) is 6.00 Å². The second-order valence-electron chi connectivity index (χ2n) is 5.30. The van der Waals surface area contributed by atoms with E-state index in [0.29, 0.717) is 6.00 Å². The molecule has 0 atom stereocenters. The van der Waals surface area contributed by atoms with Gasteiger partial charge < -0.3 is 4.90 Å². The molecule has 0 aliphatic heterocycles. The molecule has 23 heavy (non-hydrogen) atoms. The number of aryl methyl sites for hydroxylation is 2. The zero-order valence-electron chi connectivity index (χ0n) is 13.6. The standard InChI is InChI=1S/C13H12ClN.C8H10/c14-11-15(12-7-3-1-4-8-12)13-9-5-2-6-10-13;1-7-5-3-4-6-8(7)2/h1-10H,11H2;3-6H,1-2H3. The van der Waals surface area contributed by atoms with E-state index in [-0.39, 0.29) is 0 Å². The molecular weight excluding hydrogens is 302 g/mol. The Hall–Kier alpha value is -2.25. The number of rotatable bonds is 3. The van der Waals surface area contributed by atoms with Gasteiger partial charge in [0, 0.05) is 11.4 Å². The maximum absolute atomic E-state index is 5.96. The first-order valence-corrected chi connectivity index (χ1v) is 8.21. The zero-order valence-corrected chi connectivity index (χ0v) is 14.4.